The Kier molecular flexibility index (Phi) is 3.53. The molecule has 0 atom stereocenters. The summed E-state index contributed by atoms with van der Waals surface area (Å²) >= 11 is 1.61. The van der Waals surface area contributed by atoms with E-state index in [1.54, 1.807) is 17.8 Å². The Morgan fingerprint density at radius 3 is 2.88 bits per heavy atom. The molecule has 3 heterocycles. The molecule has 0 aliphatic carbocycles. The third kappa shape index (κ3) is 2.48. The van der Waals surface area contributed by atoms with Crippen LogP contribution in [0.25, 0.3) is 27.3 Å². The van der Waals surface area contributed by atoms with Crippen molar-refractivity contribution in [2.45, 2.75) is 10.9 Å². The molecule has 0 fully saturated rings. The third-order valence-electron chi connectivity index (χ3n) is 4.48. The number of hydrogen-bond donors (Lipinski definition) is 0. The molecule has 0 N–H and O–H groups in total. The molecule has 0 spiro atoms. The molecule has 2 aromatic carbocycles. The first kappa shape index (κ1) is 15.2. The standard InChI is InChI=1S/C21H14N2O2S/c24-19-11-15(13-26-21-22-12-16-6-3-4-10-23(16)21)20-17-7-2-1-5-14(17)8-9-18(20)25-19/h1-12H,13H2. The Labute approximate surface area is 153 Å². The molecule has 0 bridgehead atoms. The van der Waals surface area contributed by atoms with Crippen molar-refractivity contribution in [3.8, 4) is 0 Å². The van der Waals surface area contributed by atoms with Crippen LogP contribution in [0.4, 0.5) is 0 Å². The normalized spacial score (nSPS) is 11.5. The Bertz CT molecular complexity index is 1320. The lowest BCUT2D eigenvalue weighted by molar-refractivity contribution is 0.560. The molecule has 5 heteroatoms. The molecule has 0 radical (unpaired) electrons. The fourth-order valence-electron chi connectivity index (χ4n) is 3.30. The van der Waals surface area contributed by atoms with Crippen molar-refractivity contribution in [3.05, 3.63) is 89.0 Å². The fraction of sp³-hybridized carbons (Fsp3) is 0.0476. The molecule has 26 heavy (non-hydrogen) atoms. The lowest BCUT2D eigenvalue weighted by Crippen LogP contribution is -2.00. The van der Waals surface area contributed by atoms with Gasteiger partial charge in [0.1, 0.15) is 5.58 Å². The predicted octanol–water partition coefficient (Wildman–Crippen LogP) is 4.89. The van der Waals surface area contributed by atoms with Crippen LogP contribution in [-0.2, 0) is 5.75 Å². The van der Waals surface area contributed by atoms with E-state index < -0.39 is 0 Å². The summed E-state index contributed by atoms with van der Waals surface area (Å²) in [7, 11) is 0. The van der Waals surface area contributed by atoms with E-state index in [-0.39, 0.29) is 5.63 Å². The third-order valence-corrected chi connectivity index (χ3v) is 5.49. The molecular formula is C21H14N2O2S. The number of imidazole rings is 1. The molecular weight excluding hydrogens is 344 g/mol. The molecule has 4 nitrogen and oxygen atoms in total. The number of pyridine rings is 1. The number of rotatable bonds is 3. The maximum Gasteiger partial charge on any atom is 0.336 e. The minimum absolute atomic E-state index is 0.323. The van der Waals surface area contributed by atoms with Crippen molar-refractivity contribution in [3.63, 3.8) is 0 Å². The van der Waals surface area contributed by atoms with Crippen LogP contribution < -0.4 is 5.63 Å². The van der Waals surface area contributed by atoms with E-state index in [2.05, 4.69) is 21.5 Å². The Morgan fingerprint density at radius 1 is 1.04 bits per heavy atom. The Morgan fingerprint density at radius 2 is 1.92 bits per heavy atom. The molecule has 5 aromatic rings. The molecule has 0 aliphatic rings. The van der Waals surface area contributed by atoms with Gasteiger partial charge in [-0.1, -0.05) is 48.2 Å². The summed E-state index contributed by atoms with van der Waals surface area (Å²) in [6, 6.07) is 19.6. The van der Waals surface area contributed by atoms with E-state index in [0.29, 0.717) is 11.3 Å². The van der Waals surface area contributed by atoms with Crippen LogP contribution >= 0.6 is 11.8 Å². The van der Waals surface area contributed by atoms with Gasteiger partial charge in [-0.3, -0.25) is 4.40 Å². The van der Waals surface area contributed by atoms with Crippen LogP contribution in [0.15, 0.2) is 87.4 Å². The van der Waals surface area contributed by atoms with Crippen molar-refractivity contribution in [2.24, 2.45) is 0 Å². The summed E-state index contributed by atoms with van der Waals surface area (Å²) < 4.78 is 7.48. The molecule has 0 unspecified atom stereocenters. The first-order chi connectivity index (χ1) is 12.8. The van der Waals surface area contributed by atoms with Crippen LogP contribution in [-0.4, -0.2) is 9.38 Å². The van der Waals surface area contributed by atoms with Crippen LogP contribution in [0.3, 0.4) is 0 Å². The second kappa shape index (κ2) is 6.04. The van der Waals surface area contributed by atoms with E-state index >= 15 is 0 Å². The monoisotopic (exact) mass is 358 g/mol. The van der Waals surface area contributed by atoms with E-state index in [1.807, 2.05) is 54.9 Å². The van der Waals surface area contributed by atoms with Gasteiger partial charge in [0, 0.05) is 23.4 Å². The van der Waals surface area contributed by atoms with Gasteiger partial charge in [-0.15, -0.1) is 0 Å². The highest BCUT2D eigenvalue weighted by atomic mass is 32.2. The van der Waals surface area contributed by atoms with E-state index in [0.717, 1.165) is 32.4 Å². The summed E-state index contributed by atoms with van der Waals surface area (Å²) in [5.74, 6) is 0.643. The lowest BCUT2D eigenvalue weighted by Gasteiger charge is -2.08. The average molecular weight is 358 g/mol. The smallest absolute Gasteiger partial charge is 0.336 e. The maximum absolute atomic E-state index is 12.0. The number of fused-ring (bicyclic) bond motifs is 4. The highest BCUT2D eigenvalue weighted by Gasteiger charge is 2.11. The fourth-order valence-corrected chi connectivity index (χ4v) is 4.25. The minimum Gasteiger partial charge on any atom is -0.423 e. The number of hydrogen-bond acceptors (Lipinski definition) is 4. The summed E-state index contributed by atoms with van der Waals surface area (Å²) in [5, 5.41) is 4.13. The SMILES string of the molecule is O=c1cc(CSc2ncc3ccccn23)c2c(ccc3ccccc32)o1. The predicted molar refractivity (Wildman–Crippen MR) is 105 cm³/mol. The molecule has 0 aliphatic heterocycles. The zero-order chi connectivity index (χ0) is 17.5. The van der Waals surface area contributed by atoms with Gasteiger partial charge >= 0.3 is 5.63 Å². The van der Waals surface area contributed by atoms with Crippen molar-refractivity contribution in [1.29, 1.82) is 0 Å². The number of thioether (sulfide) groups is 1. The largest absolute Gasteiger partial charge is 0.423 e. The summed E-state index contributed by atoms with van der Waals surface area (Å²) in [6.45, 7) is 0. The first-order valence-electron chi connectivity index (χ1n) is 8.29. The van der Waals surface area contributed by atoms with Gasteiger partial charge in [0.2, 0.25) is 0 Å². The van der Waals surface area contributed by atoms with Gasteiger partial charge in [-0.05, 0) is 34.5 Å². The van der Waals surface area contributed by atoms with Crippen molar-refractivity contribution in [1.82, 2.24) is 9.38 Å². The van der Waals surface area contributed by atoms with Gasteiger partial charge in [0.05, 0.1) is 11.7 Å². The zero-order valence-electron chi connectivity index (χ0n) is 13.8. The van der Waals surface area contributed by atoms with Gasteiger partial charge in [-0.2, -0.15) is 0 Å². The van der Waals surface area contributed by atoms with E-state index in [1.165, 1.54) is 0 Å². The molecule has 0 saturated carbocycles. The summed E-state index contributed by atoms with van der Waals surface area (Å²) in [5.41, 5.74) is 2.32. The summed E-state index contributed by atoms with van der Waals surface area (Å²) in [6.07, 6.45) is 3.85. The number of aromatic nitrogens is 2. The minimum atomic E-state index is -0.323. The van der Waals surface area contributed by atoms with Gasteiger partial charge in [-0.25, -0.2) is 9.78 Å². The lowest BCUT2D eigenvalue weighted by atomic mass is 10.0. The van der Waals surface area contributed by atoms with E-state index in [9.17, 15) is 4.79 Å². The van der Waals surface area contributed by atoms with Crippen molar-refractivity contribution in [2.75, 3.05) is 0 Å². The quantitative estimate of drug-likeness (QED) is 0.262. The summed E-state index contributed by atoms with van der Waals surface area (Å²) in [4.78, 5) is 16.5. The van der Waals surface area contributed by atoms with Crippen LogP contribution in [0.5, 0.6) is 0 Å². The van der Waals surface area contributed by atoms with Crippen LogP contribution in [0.2, 0.25) is 0 Å². The van der Waals surface area contributed by atoms with Crippen LogP contribution in [0.1, 0.15) is 5.56 Å². The first-order valence-corrected chi connectivity index (χ1v) is 9.27. The van der Waals surface area contributed by atoms with Crippen molar-refractivity contribution < 1.29 is 4.42 Å². The topological polar surface area (TPSA) is 47.5 Å². The molecule has 5 rings (SSSR count). The number of benzene rings is 2. The zero-order valence-corrected chi connectivity index (χ0v) is 14.6. The maximum atomic E-state index is 12.0. The highest BCUT2D eigenvalue weighted by Crippen LogP contribution is 2.31. The Hall–Kier alpha value is -3.05. The second-order valence-corrected chi connectivity index (χ2v) is 7.02. The molecule has 0 amide bonds. The highest BCUT2D eigenvalue weighted by molar-refractivity contribution is 7.98. The molecule has 126 valence electrons. The van der Waals surface area contributed by atoms with Crippen LogP contribution in [0, 0.1) is 0 Å². The molecule has 3 aromatic heterocycles. The van der Waals surface area contributed by atoms with Gasteiger partial charge in [0.15, 0.2) is 5.16 Å². The molecule has 0 saturated heterocycles. The van der Waals surface area contributed by atoms with Gasteiger partial charge < -0.3 is 4.42 Å². The van der Waals surface area contributed by atoms with E-state index in [4.69, 9.17) is 4.42 Å². The number of nitrogens with zero attached hydrogens (tertiary/aromatic N) is 2. The average Bonchev–Trinajstić information content (AvgIpc) is 3.09. The van der Waals surface area contributed by atoms with Gasteiger partial charge in [0.25, 0.3) is 0 Å². The Balaban J connectivity index is 1.64. The van der Waals surface area contributed by atoms with Crippen molar-refractivity contribution >= 4 is 39.0 Å². The second-order valence-electron chi connectivity index (χ2n) is 6.08.